The van der Waals surface area contributed by atoms with Crippen LogP contribution in [0.5, 0.6) is 0 Å². The topological polar surface area (TPSA) is 59.8 Å². The van der Waals surface area contributed by atoms with Crippen molar-refractivity contribution in [3.8, 4) is 0 Å². The lowest BCUT2D eigenvalue weighted by Gasteiger charge is -2.23. The van der Waals surface area contributed by atoms with Crippen LogP contribution >= 0.6 is 0 Å². The Labute approximate surface area is 145 Å². The summed E-state index contributed by atoms with van der Waals surface area (Å²) in [6.45, 7) is 4.73. The summed E-state index contributed by atoms with van der Waals surface area (Å²) in [6.07, 6.45) is 6.36. The number of sulfonamides is 1. The van der Waals surface area contributed by atoms with Gasteiger partial charge in [-0.05, 0) is 36.5 Å². The highest BCUT2D eigenvalue weighted by atomic mass is 32.2. The molecule has 3 rings (SSSR count). The van der Waals surface area contributed by atoms with Crippen LogP contribution in [0.4, 0.5) is 0 Å². The molecule has 1 saturated heterocycles. The lowest BCUT2D eigenvalue weighted by molar-refractivity contribution is -0.906. The van der Waals surface area contributed by atoms with Crippen molar-refractivity contribution in [3.05, 3.63) is 29.8 Å². The summed E-state index contributed by atoms with van der Waals surface area (Å²) in [5.74, 6) is 0.605. The van der Waals surface area contributed by atoms with E-state index in [0.717, 1.165) is 32.8 Å². The van der Waals surface area contributed by atoms with Gasteiger partial charge in [0.05, 0.1) is 31.2 Å². The number of ether oxygens (including phenoxy) is 1. The van der Waals surface area contributed by atoms with E-state index in [-0.39, 0.29) is 0 Å². The van der Waals surface area contributed by atoms with Crippen LogP contribution in [-0.2, 0) is 14.8 Å². The molecule has 2 fully saturated rings. The number of hydrogen-bond acceptors (Lipinski definition) is 3. The predicted octanol–water partition coefficient (Wildman–Crippen LogP) is 0.928. The summed E-state index contributed by atoms with van der Waals surface area (Å²) in [7, 11) is -3.40. The average molecular weight is 354 g/mol. The Bertz CT molecular complexity index is 604. The smallest absolute Gasteiger partial charge is 0.240 e. The van der Waals surface area contributed by atoms with E-state index in [1.807, 2.05) is 12.1 Å². The van der Waals surface area contributed by atoms with E-state index in [4.69, 9.17) is 4.74 Å². The lowest BCUT2D eigenvalue weighted by atomic mass is 9.84. The minimum atomic E-state index is -3.40. The van der Waals surface area contributed by atoms with Crippen LogP contribution in [0.2, 0.25) is 0 Å². The van der Waals surface area contributed by atoms with Crippen molar-refractivity contribution in [3.63, 3.8) is 0 Å². The van der Waals surface area contributed by atoms with Crippen molar-refractivity contribution in [2.75, 3.05) is 39.4 Å². The fraction of sp³-hybridized carbons (Fsp3) is 0.667. The Morgan fingerprint density at radius 2 is 1.71 bits per heavy atom. The van der Waals surface area contributed by atoms with Crippen molar-refractivity contribution in [2.24, 2.45) is 0 Å². The highest BCUT2D eigenvalue weighted by Gasteiger charge is 2.19. The Hall–Kier alpha value is -0.950. The third-order valence-electron chi connectivity index (χ3n) is 5.24. The Kier molecular flexibility index (Phi) is 6.27. The van der Waals surface area contributed by atoms with Crippen LogP contribution in [0.25, 0.3) is 0 Å². The van der Waals surface area contributed by atoms with Crippen LogP contribution in [-0.4, -0.2) is 47.8 Å². The molecule has 2 aliphatic rings. The fourth-order valence-corrected chi connectivity index (χ4v) is 4.74. The molecular formula is C18H29N2O3S+. The zero-order valence-corrected chi connectivity index (χ0v) is 15.1. The maximum atomic E-state index is 12.4. The fourth-order valence-electron chi connectivity index (χ4n) is 3.71. The molecule has 24 heavy (non-hydrogen) atoms. The minimum absolute atomic E-state index is 0.374. The van der Waals surface area contributed by atoms with E-state index in [9.17, 15) is 8.42 Å². The molecule has 1 aliphatic heterocycles. The summed E-state index contributed by atoms with van der Waals surface area (Å²) in [6, 6.07) is 7.51. The molecule has 134 valence electrons. The average Bonchev–Trinajstić information content (AvgIpc) is 2.63. The molecule has 0 aromatic heterocycles. The van der Waals surface area contributed by atoms with Gasteiger partial charge in [0.1, 0.15) is 13.1 Å². The van der Waals surface area contributed by atoms with Gasteiger partial charge in [-0.25, -0.2) is 13.1 Å². The van der Waals surface area contributed by atoms with Crippen LogP contribution in [0.1, 0.15) is 43.6 Å². The van der Waals surface area contributed by atoms with Crippen LogP contribution < -0.4 is 9.62 Å². The van der Waals surface area contributed by atoms with Crippen molar-refractivity contribution in [1.82, 2.24) is 4.72 Å². The number of morpholine rings is 1. The maximum Gasteiger partial charge on any atom is 0.240 e. The van der Waals surface area contributed by atoms with E-state index in [0.29, 0.717) is 17.4 Å². The highest BCUT2D eigenvalue weighted by molar-refractivity contribution is 7.89. The van der Waals surface area contributed by atoms with Crippen molar-refractivity contribution < 1.29 is 18.1 Å². The molecule has 1 aliphatic carbocycles. The van der Waals surface area contributed by atoms with Crippen LogP contribution in [0.15, 0.2) is 29.2 Å². The molecule has 0 bridgehead atoms. The van der Waals surface area contributed by atoms with Crippen LogP contribution in [0, 0.1) is 0 Å². The van der Waals surface area contributed by atoms with Gasteiger partial charge in [-0.15, -0.1) is 0 Å². The van der Waals surface area contributed by atoms with Gasteiger partial charge in [0.15, 0.2) is 0 Å². The van der Waals surface area contributed by atoms with E-state index < -0.39 is 10.0 Å². The zero-order valence-electron chi connectivity index (χ0n) is 14.3. The third-order valence-corrected chi connectivity index (χ3v) is 6.71. The molecule has 0 atom stereocenters. The molecule has 0 unspecified atom stereocenters. The molecule has 0 spiro atoms. The summed E-state index contributed by atoms with van der Waals surface area (Å²) in [5.41, 5.74) is 1.28. The maximum absolute atomic E-state index is 12.4. The number of benzene rings is 1. The monoisotopic (exact) mass is 353 g/mol. The predicted molar refractivity (Wildman–Crippen MR) is 93.8 cm³/mol. The molecule has 1 aromatic rings. The first-order chi connectivity index (χ1) is 11.6. The van der Waals surface area contributed by atoms with Gasteiger partial charge in [0.25, 0.3) is 0 Å². The van der Waals surface area contributed by atoms with Gasteiger partial charge >= 0.3 is 0 Å². The molecule has 0 amide bonds. The molecule has 1 saturated carbocycles. The van der Waals surface area contributed by atoms with Gasteiger partial charge in [-0.2, -0.15) is 0 Å². The first kappa shape index (κ1) is 17.9. The zero-order chi connectivity index (χ0) is 16.8. The van der Waals surface area contributed by atoms with Gasteiger partial charge in [0.2, 0.25) is 10.0 Å². The minimum Gasteiger partial charge on any atom is -0.370 e. The van der Waals surface area contributed by atoms with E-state index in [1.54, 1.807) is 12.1 Å². The lowest BCUT2D eigenvalue weighted by Crippen LogP contribution is -3.14. The molecule has 1 aromatic carbocycles. The molecule has 5 nitrogen and oxygen atoms in total. The number of quaternary nitrogens is 1. The summed E-state index contributed by atoms with van der Waals surface area (Å²) >= 11 is 0. The normalized spacial score (nSPS) is 21.0. The Balaban J connectivity index is 1.53. The second-order valence-corrected chi connectivity index (χ2v) is 8.68. The largest absolute Gasteiger partial charge is 0.370 e. The van der Waals surface area contributed by atoms with Crippen molar-refractivity contribution >= 4 is 10.0 Å². The van der Waals surface area contributed by atoms with Gasteiger partial charge in [0, 0.05) is 0 Å². The molecular weight excluding hydrogens is 324 g/mol. The van der Waals surface area contributed by atoms with E-state index >= 15 is 0 Å². The first-order valence-electron chi connectivity index (χ1n) is 9.16. The second kappa shape index (κ2) is 8.43. The van der Waals surface area contributed by atoms with Crippen molar-refractivity contribution in [2.45, 2.75) is 42.9 Å². The van der Waals surface area contributed by atoms with Gasteiger partial charge in [-0.3, -0.25) is 0 Å². The molecule has 1 heterocycles. The highest BCUT2D eigenvalue weighted by Crippen LogP contribution is 2.32. The second-order valence-electron chi connectivity index (χ2n) is 6.91. The summed E-state index contributed by atoms with van der Waals surface area (Å²) in [4.78, 5) is 1.77. The van der Waals surface area contributed by atoms with E-state index in [1.165, 1.54) is 42.6 Å². The standard InChI is InChI=1S/C18H28N2O3S/c21-24(22,19-10-11-20-12-14-23-15-13-20)18-8-6-17(7-9-18)16-4-2-1-3-5-16/h6-9,16,19H,1-5,10-15H2/p+1. The van der Waals surface area contributed by atoms with Gasteiger partial charge < -0.3 is 9.64 Å². The quantitative estimate of drug-likeness (QED) is 0.800. The Morgan fingerprint density at radius 1 is 1.04 bits per heavy atom. The summed E-state index contributed by atoms with van der Waals surface area (Å²) < 4.78 is 32.9. The first-order valence-corrected chi connectivity index (χ1v) is 10.6. The number of nitrogens with one attached hydrogen (secondary N) is 2. The molecule has 0 radical (unpaired) electrons. The SMILES string of the molecule is O=S(=O)(NCC[NH+]1CCOCC1)c1ccc(C2CCCCC2)cc1. The number of hydrogen-bond donors (Lipinski definition) is 2. The van der Waals surface area contributed by atoms with Crippen LogP contribution in [0.3, 0.4) is 0 Å². The molecule has 2 N–H and O–H groups in total. The third kappa shape index (κ3) is 4.79. The van der Waals surface area contributed by atoms with Gasteiger partial charge in [-0.1, -0.05) is 31.4 Å². The van der Waals surface area contributed by atoms with E-state index in [2.05, 4.69) is 4.72 Å². The Morgan fingerprint density at radius 3 is 2.38 bits per heavy atom. The van der Waals surface area contributed by atoms with Crippen molar-refractivity contribution in [1.29, 1.82) is 0 Å². The molecule has 6 heteroatoms. The number of rotatable bonds is 6. The summed E-state index contributed by atoms with van der Waals surface area (Å²) in [5, 5.41) is 0.